The molecule has 1 saturated heterocycles. The van der Waals surface area contributed by atoms with Crippen LogP contribution in [0.1, 0.15) is 41.8 Å². The fourth-order valence-electron chi connectivity index (χ4n) is 4.15. The second-order valence-corrected chi connectivity index (χ2v) is 7.86. The van der Waals surface area contributed by atoms with E-state index < -0.39 is 0 Å². The van der Waals surface area contributed by atoms with E-state index in [1.807, 2.05) is 11.3 Å². The summed E-state index contributed by atoms with van der Waals surface area (Å²) in [4.78, 5) is 4.02. The first kappa shape index (κ1) is 16.3. The van der Waals surface area contributed by atoms with Crippen molar-refractivity contribution in [2.24, 2.45) is 0 Å². The first-order valence-corrected chi connectivity index (χ1v) is 9.66. The highest BCUT2D eigenvalue weighted by molar-refractivity contribution is 7.10. The summed E-state index contributed by atoms with van der Waals surface area (Å²) < 4.78 is 12.0. The SMILES string of the molecule is COC1Cc2sccc2C2(CCN(C(C)c3ccccc3)CC2)O1. The minimum Gasteiger partial charge on any atom is -0.355 e. The first-order chi connectivity index (χ1) is 11.7. The molecule has 2 unspecified atom stereocenters. The van der Waals surface area contributed by atoms with Crippen molar-refractivity contribution in [2.45, 2.75) is 44.1 Å². The number of methoxy groups -OCH3 is 1. The molecule has 2 atom stereocenters. The summed E-state index contributed by atoms with van der Waals surface area (Å²) >= 11 is 1.84. The van der Waals surface area contributed by atoms with Gasteiger partial charge < -0.3 is 9.47 Å². The quantitative estimate of drug-likeness (QED) is 0.827. The lowest BCUT2D eigenvalue weighted by molar-refractivity contribution is -0.227. The molecule has 2 aliphatic heterocycles. The van der Waals surface area contributed by atoms with E-state index >= 15 is 0 Å². The lowest BCUT2D eigenvalue weighted by Gasteiger charge is -2.47. The third-order valence-electron chi connectivity index (χ3n) is 5.64. The number of likely N-dealkylation sites (tertiary alicyclic amines) is 1. The topological polar surface area (TPSA) is 21.7 Å². The zero-order chi connectivity index (χ0) is 16.6. The summed E-state index contributed by atoms with van der Waals surface area (Å²) in [6.07, 6.45) is 2.85. The van der Waals surface area contributed by atoms with Crippen LogP contribution in [0, 0.1) is 0 Å². The largest absolute Gasteiger partial charge is 0.355 e. The van der Waals surface area contributed by atoms with Crippen LogP contribution in [0.2, 0.25) is 0 Å². The predicted molar refractivity (Wildman–Crippen MR) is 97.2 cm³/mol. The maximum absolute atomic E-state index is 6.44. The van der Waals surface area contributed by atoms with E-state index in [0.717, 1.165) is 32.4 Å². The summed E-state index contributed by atoms with van der Waals surface area (Å²) in [5, 5.41) is 2.20. The van der Waals surface area contributed by atoms with Crippen molar-refractivity contribution in [1.82, 2.24) is 4.90 Å². The molecule has 0 N–H and O–H groups in total. The molecular formula is C20H25NO2S. The van der Waals surface area contributed by atoms with Gasteiger partial charge in [-0.2, -0.15) is 0 Å². The summed E-state index contributed by atoms with van der Waals surface area (Å²) in [7, 11) is 1.75. The van der Waals surface area contributed by atoms with Crippen LogP contribution in [-0.2, 0) is 21.5 Å². The molecule has 0 bridgehead atoms. The van der Waals surface area contributed by atoms with Crippen molar-refractivity contribution in [3.05, 3.63) is 57.8 Å². The minimum atomic E-state index is -0.152. The van der Waals surface area contributed by atoms with Crippen LogP contribution in [0.25, 0.3) is 0 Å². The average molecular weight is 343 g/mol. The molecule has 0 aliphatic carbocycles. The molecule has 1 fully saturated rings. The monoisotopic (exact) mass is 343 g/mol. The van der Waals surface area contributed by atoms with Crippen molar-refractivity contribution >= 4 is 11.3 Å². The Kier molecular flexibility index (Phi) is 4.48. The van der Waals surface area contributed by atoms with Crippen LogP contribution in [0.5, 0.6) is 0 Å². The van der Waals surface area contributed by atoms with E-state index in [4.69, 9.17) is 9.47 Å². The van der Waals surface area contributed by atoms with Crippen LogP contribution in [0.3, 0.4) is 0 Å². The summed E-state index contributed by atoms with van der Waals surface area (Å²) in [5.74, 6) is 0. The van der Waals surface area contributed by atoms with E-state index in [0.29, 0.717) is 6.04 Å². The van der Waals surface area contributed by atoms with Crippen molar-refractivity contribution in [2.75, 3.05) is 20.2 Å². The smallest absolute Gasteiger partial charge is 0.163 e. The Morgan fingerprint density at radius 2 is 1.96 bits per heavy atom. The van der Waals surface area contributed by atoms with Crippen LogP contribution < -0.4 is 0 Å². The molecule has 1 aromatic carbocycles. The highest BCUT2D eigenvalue weighted by Gasteiger charge is 2.45. The van der Waals surface area contributed by atoms with Gasteiger partial charge in [0, 0.05) is 37.5 Å². The molecule has 2 aromatic rings. The van der Waals surface area contributed by atoms with Gasteiger partial charge in [0.25, 0.3) is 0 Å². The van der Waals surface area contributed by atoms with Gasteiger partial charge in [-0.05, 0) is 42.3 Å². The van der Waals surface area contributed by atoms with Crippen molar-refractivity contribution < 1.29 is 9.47 Å². The van der Waals surface area contributed by atoms with Gasteiger partial charge in [-0.15, -0.1) is 11.3 Å². The number of ether oxygens (including phenoxy) is 2. The van der Waals surface area contributed by atoms with Crippen molar-refractivity contribution in [1.29, 1.82) is 0 Å². The zero-order valence-electron chi connectivity index (χ0n) is 14.4. The Balaban J connectivity index is 1.52. The van der Waals surface area contributed by atoms with Crippen molar-refractivity contribution in [3.8, 4) is 0 Å². The van der Waals surface area contributed by atoms with Gasteiger partial charge in [0.1, 0.15) is 0 Å². The standard InChI is InChI=1S/C20H25NO2S/c1-15(16-6-4-3-5-7-16)21-11-9-20(10-12-21)17-8-13-24-18(17)14-19(22-2)23-20/h3-8,13,15,19H,9-12,14H2,1-2H3. The maximum atomic E-state index is 6.44. The predicted octanol–water partition coefficient (Wildman–Crippen LogP) is 4.35. The Labute approximate surface area is 148 Å². The molecule has 0 saturated carbocycles. The fraction of sp³-hybridized carbons (Fsp3) is 0.500. The minimum absolute atomic E-state index is 0.103. The average Bonchev–Trinajstić information content (AvgIpc) is 3.12. The van der Waals surface area contributed by atoms with E-state index in [1.165, 1.54) is 16.0 Å². The van der Waals surface area contributed by atoms with Gasteiger partial charge in [0.2, 0.25) is 0 Å². The molecule has 128 valence electrons. The van der Waals surface area contributed by atoms with E-state index in [1.54, 1.807) is 7.11 Å². The van der Waals surface area contributed by atoms with Gasteiger partial charge in [-0.25, -0.2) is 0 Å². The van der Waals surface area contributed by atoms with Gasteiger partial charge in [0.05, 0.1) is 5.60 Å². The van der Waals surface area contributed by atoms with E-state index in [9.17, 15) is 0 Å². The number of nitrogens with zero attached hydrogens (tertiary/aromatic N) is 1. The van der Waals surface area contributed by atoms with Gasteiger partial charge in [-0.3, -0.25) is 4.90 Å². The van der Waals surface area contributed by atoms with Gasteiger partial charge >= 0.3 is 0 Å². The Morgan fingerprint density at radius 1 is 1.21 bits per heavy atom. The summed E-state index contributed by atoms with van der Waals surface area (Å²) in [6.45, 7) is 4.42. The molecule has 2 aliphatic rings. The third-order valence-corrected chi connectivity index (χ3v) is 6.59. The third kappa shape index (κ3) is 2.82. The zero-order valence-corrected chi connectivity index (χ0v) is 15.2. The summed E-state index contributed by atoms with van der Waals surface area (Å²) in [6, 6.07) is 13.5. The number of hydrogen-bond acceptors (Lipinski definition) is 4. The Bertz CT molecular complexity index is 676. The Morgan fingerprint density at radius 3 is 2.67 bits per heavy atom. The van der Waals surface area contributed by atoms with E-state index in [2.05, 4.69) is 53.6 Å². The molecule has 4 rings (SSSR count). The number of thiophene rings is 1. The van der Waals surface area contributed by atoms with Gasteiger partial charge in [0.15, 0.2) is 6.29 Å². The van der Waals surface area contributed by atoms with Crippen LogP contribution in [0.15, 0.2) is 41.8 Å². The number of benzene rings is 1. The number of piperidine rings is 1. The second kappa shape index (κ2) is 6.60. The molecule has 4 heteroatoms. The highest BCUT2D eigenvalue weighted by atomic mass is 32.1. The molecule has 0 radical (unpaired) electrons. The molecule has 3 nitrogen and oxygen atoms in total. The maximum Gasteiger partial charge on any atom is 0.163 e. The highest BCUT2D eigenvalue weighted by Crippen LogP contribution is 2.46. The second-order valence-electron chi connectivity index (χ2n) is 6.86. The molecule has 0 amide bonds. The fourth-order valence-corrected chi connectivity index (χ4v) is 5.13. The van der Waals surface area contributed by atoms with Crippen LogP contribution in [0.4, 0.5) is 0 Å². The van der Waals surface area contributed by atoms with Crippen LogP contribution >= 0.6 is 11.3 Å². The lowest BCUT2D eigenvalue weighted by atomic mass is 9.81. The number of rotatable bonds is 3. The first-order valence-electron chi connectivity index (χ1n) is 8.78. The molecule has 24 heavy (non-hydrogen) atoms. The lowest BCUT2D eigenvalue weighted by Crippen LogP contribution is -2.49. The van der Waals surface area contributed by atoms with E-state index in [-0.39, 0.29) is 11.9 Å². The molecule has 1 aromatic heterocycles. The van der Waals surface area contributed by atoms with Crippen molar-refractivity contribution in [3.63, 3.8) is 0 Å². The number of hydrogen-bond donors (Lipinski definition) is 0. The Hall–Kier alpha value is -1.20. The van der Waals surface area contributed by atoms with Gasteiger partial charge in [-0.1, -0.05) is 30.3 Å². The van der Waals surface area contributed by atoms with Crippen LogP contribution in [-0.4, -0.2) is 31.4 Å². The summed E-state index contributed by atoms with van der Waals surface area (Å²) in [5.41, 5.74) is 2.65. The number of fused-ring (bicyclic) bond motifs is 2. The molecule has 3 heterocycles. The molecule has 1 spiro atoms. The molecular weight excluding hydrogens is 318 g/mol. The normalized spacial score (nSPS) is 24.7.